The highest BCUT2D eigenvalue weighted by Crippen LogP contribution is 2.18. The first-order valence-corrected chi connectivity index (χ1v) is 4.42. The molecule has 0 spiro atoms. The van der Waals surface area contributed by atoms with Crippen LogP contribution in [0.4, 0.5) is 0 Å². The van der Waals surface area contributed by atoms with Crippen LogP contribution in [0.15, 0.2) is 18.2 Å². The maximum absolute atomic E-state index is 10.7. The van der Waals surface area contributed by atoms with Gasteiger partial charge in [-0.2, -0.15) is 0 Å². The molecule has 0 aliphatic rings. The maximum atomic E-state index is 10.7. The molecule has 0 radical (unpaired) electrons. The Kier molecular flexibility index (Phi) is 4.11. The van der Waals surface area contributed by atoms with E-state index in [-0.39, 0.29) is 0 Å². The molecule has 0 unspecified atom stereocenters. The van der Waals surface area contributed by atoms with E-state index in [4.69, 9.17) is 11.2 Å². The molecule has 0 fully saturated rings. The van der Waals surface area contributed by atoms with Crippen LogP contribution in [0.5, 0.6) is 5.75 Å². The fourth-order valence-corrected chi connectivity index (χ4v) is 1.07. The third-order valence-electron chi connectivity index (χ3n) is 1.80. The van der Waals surface area contributed by atoms with Crippen molar-refractivity contribution in [1.29, 1.82) is 0 Å². The molecule has 0 aliphatic heterocycles. The molecule has 0 bridgehead atoms. The minimum absolute atomic E-state index is 0.333. The Bertz CT molecular complexity index is 402. The van der Waals surface area contributed by atoms with E-state index >= 15 is 0 Å². The average Bonchev–Trinajstić information content (AvgIpc) is 2.29. The van der Waals surface area contributed by atoms with Gasteiger partial charge in [0.1, 0.15) is 12.0 Å². The third kappa shape index (κ3) is 2.96. The van der Waals surface area contributed by atoms with Crippen LogP contribution in [0, 0.1) is 12.3 Å². The summed E-state index contributed by atoms with van der Waals surface area (Å²) in [5.41, 5.74) is 0.883. The Labute approximate surface area is 88.1 Å². The van der Waals surface area contributed by atoms with Crippen LogP contribution in [-0.4, -0.2) is 19.2 Å². The SMILES string of the molecule is C#CCCOc1cc(C=O)ccc1C=O. The Balaban J connectivity index is 2.86. The van der Waals surface area contributed by atoms with Crippen molar-refractivity contribution in [3.05, 3.63) is 29.3 Å². The molecule has 76 valence electrons. The van der Waals surface area contributed by atoms with Crippen molar-refractivity contribution < 1.29 is 14.3 Å². The van der Waals surface area contributed by atoms with E-state index in [1.165, 1.54) is 6.07 Å². The largest absolute Gasteiger partial charge is 0.492 e. The van der Waals surface area contributed by atoms with Crippen molar-refractivity contribution in [3.63, 3.8) is 0 Å². The normalized spacial score (nSPS) is 9.00. The van der Waals surface area contributed by atoms with E-state index in [9.17, 15) is 9.59 Å². The smallest absolute Gasteiger partial charge is 0.153 e. The van der Waals surface area contributed by atoms with Crippen molar-refractivity contribution >= 4 is 12.6 Å². The van der Waals surface area contributed by atoms with Gasteiger partial charge in [0.05, 0.1) is 12.2 Å². The van der Waals surface area contributed by atoms with Crippen LogP contribution in [-0.2, 0) is 0 Å². The van der Waals surface area contributed by atoms with Crippen molar-refractivity contribution in [2.75, 3.05) is 6.61 Å². The minimum atomic E-state index is 0.333. The predicted molar refractivity (Wildman–Crippen MR) is 56.2 cm³/mol. The summed E-state index contributed by atoms with van der Waals surface area (Å²) in [4.78, 5) is 21.2. The zero-order valence-electron chi connectivity index (χ0n) is 8.10. The summed E-state index contributed by atoms with van der Waals surface area (Å²) in [5.74, 6) is 2.81. The quantitative estimate of drug-likeness (QED) is 0.414. The fourth-order valence-electron chi connectivity index (χ4n) is 1.07. The van der Waals surface area contributed by atoms with Crippen LogP contribution < -0.4 is 4.74 Å². The van der Waals surface area contributed by atoms with E-state index in [0.717, 1.165) is 0 Å². The van der Waals surface area contributed by atoms with Gasteiger partial charge in [0.2, 0.25) is 0 Å². The van der Waals surface area contributed by atoms with Crippen LogP contribution >= 0.6 is 0 Å². The number of aldehydes is 2. The van der Waals surface area contributed by atoms with Gasteiger partial charge in [0.15, 0.2) is 6.29 Å². The number of hydrogen-bond acceptors (Lipinski definition) is 3. The van der Waals surface area contributed by atoms with Crippen LogP contribution in [0.3, 0.4) is 0 Å². The summed E-state index contributed by atoms with van der Waals surface area (Å²) in [7, 11) is 0. The molecule has 3 heteroatoms. The Hall–Kier alpha value is -2.08. The third-order valence-corrected chi connectivity index (χ3v) is 1.80. The van der Waals surface area contributed by atoms with Crippen LogP contribution in [0.25, 0.3) is 0 Å². The standard InChI is InChI=1S/C12H10O3/c1-2-3-6-15-12-7-10(8-13)4-5-11(12)9-14/h1,4-5,7-9H,3,6H2. The second kappa shape index (κ2) is 5.61. The van der Waals surface area contributed by atoms with E-state index in [0.29, 0.717) is 42.5 Å². The van der Waals surface area contributed by atoms with Crippen molar-refractivity contribution in [3.8, 4) is 18.1 Å². The number of ether oxygens (including phenoxy) is 1. The predicted octanol–water partition coefficient (Wildman–Crippen LogP) is 1.71. The van der Waals surface area contributed by atoms with Crippen molar-refractivity contribution in [2.24, 2.45) is 0 Å². The van der Waals surface area contributed by atoms with Gasteiger partial charge in [-0.05, 0) is 12.1 Å². The zero-order valence-corrected chi connectivity index (χ0v) is 8.10. The Morgan fingerprint density at radius 3 is 2.73 bits per heavy atom. The molecule has 3 nitrogen and oxygen atoms in total. The van der Waals surface area contributed by atoms with Gasteiger partial charge < -0.3 is 4.74 Å². The highest BCUT2D eigenvalue weighted by Gasteiger charge is 2.03. The van der Waals surface area contributed by atoms with Crippen molar-refractivity contribution in [1.82, 2.24) is 0 Å². The number of carbonyl (C=O) groups is 2. The molecule has 1 aromatic rings. The maximum Gasteiger partial charge on any atom is 0.153 e. The number of carbonyl (C=O) groups excluding carboxylic acids is 2. The van der Waals surface area contributed by atoms with E-state index in [2.05, 4.69) is 5.92 Å². The molecule has 0 aliphatic carbocycles. The van der Waals surface area contributed by atoms with Crippen LogP contribution in [0.1, 0.15) is 27.1 Å². The monoisotopic (exact) mass is 202 g/mol. The summed E-state index contributed by atoms with van der Waals surface area (Å²) in [6.45, 7) is 0.333. The molecule has 0 atom stereocenters. The molecule has 1 rings (SSSR count). The van der Waals surface area contributed by atoms with Crippen LogP contribution in [0.2, 0.25) is 0 Å². The first-order valence-electron chi connectivity index (χ1n) is 4.42. The first-order chi connectivity index (χ1) is 7.31. The lowest BCUT2D eigenvalue weighted by Gasteiger charge is -2.06. The highest BCUT2D eigenvalue weighted by atomic mass is 16.5. The summed E-state index contributed by atoms with van der Waals surface area (Å²) >= 11 is 0. The average molecular weight is 202 g/mol. The molecule has 0 N–H and O–H groups in total. The summed E-state index contributed by atoms with van der Waals surface area (Å²) in [6, 6.07) is 4.62. The van der Waals surface area contributed by atoms with Gasteiger partial charge in [-0.25, -0.2) is 0 Å². The molecular formula is C12H10O3. The van der Waals surface area contributed by atoms with Gasteiger partial charge in [-0.15, -0.1) is 12.3 Å². The number of terminal acetylenes is 1. The topological polar surface area (TPSA) is 43.4 Å². The molecule has 0 heterocycles. The fraction of sp³-hybridized carbons (Fsp3) is 0.167. The second-order valence-corrected chi connectivity index (χ2v) is 2.84. The second-order valence-electron chi connectivity index (χ2n) is 2.84. The van der Waals surface area contributed by atoms with E-state index in [1.807, 2.05) is 0 Å². The molecule has 1 aromatic carbocycles. The molecule has 15 heavy (non-hydrogen) atoms. The van der Waals surface area contributed by atoms with E-state index < -0.39 is 0 Å². The molecule has 0 saturated heterocycles. The van der Waals surface area contributed by atoms with Gasteiger partial charge in [-0.1, -0.05) is 6.07 Å². The lowest BCUT2D eigenvalue weighted by Crippen LogP contribution is -1.99. The summed E-state index contributed by atoms with van der Waals surface area (Å²) in [6.07, 6.45) is 6.90. The number of rotatable bonds is 5. The first kappa shape index (κ1) is 11.0. The molecule has 0 aromatic heterocycles. The molecular weight excluding hydrogens is 192 g/mol. The Morgan fingerprint density at radius 1 is 1.33 bits per heavy atom. The number of hydrogen-bond donors (Lipinski definition) is 0. The lowest BCUT2D eigenvalue weighted by atomic mass is 10.1. The summed E-state index contributed by atoms with van der Waals surface area (Å²) in [5, 5.41) is 0. The molecule has 0 saturated carbocycles. The van der Waals surface area contributed by atoms with Gasteiger partial charge >= 0.3 is 0 Å². The number of benzene rings is 1. The van der Waals surface area contributed by atoms with Gasteiger partial charge in [-0.3, -0.25) is 9.59 Å². The van der Waals surface area contributed by atoms with Gasteiger partial charge in [0.25, 0.3) is 0 Å². The molecule has 0 amide bonds. The highest BCUT2D eigenvalue weighted by molar-refractivity contribution is 5.83. The zero-order chi connectivity index (χ0) is 11.1. The van der Waals surface area contributed by atoms with Crippen molar-refractivity contribution in [2.45, 2.75) is 6.42 Å². The van der Waals surface area contributed by atoms with Gasteiger partial charge in [0, 0.05) is 12.0 Å². The Morgan fingerprint density at radius 2 is 2.13 bits per heavy atom. The minimum Gasteiger partial charge on any atom is -0.492 e. The lowest BCUT2D eigenvalue weighted by molar-refractivity contribution is 0.110. The summed E-state index contributed by atoms with van der Waals surface area (Å²) < 4.78 is 5.28. The van der Waals surface area contributed by atoms with E-state index in [1.54, 1.807) is 12.1 Å².